The lowest BCUT2D eigenvalue weighted by atomic mass is 10.1. The molecule has 0 saturated carbocycles. The number of halogens is 2. The quantitative estimate of drug-likeness (QED) is 0.549. The summed E-state index contributed by atoms with van der Waals surface area (Å²) in [5, 5.41) is 7.59. The number of hydrogen-bond donors (Lipinski definition) is 1. The average Bonchev–Trinajstić information content (AvgIpc) is 2.51. The monoisotopic (exact) mass is 328 g/mol. The normalized spacial score (nSPS) is 10.7. The Hall–Kier alpha value is -1.58. The highest BCUT2D eigenvalue weighted by molar-refractivity contribution is 6.29. The van der Waals surface area contributed by atoms with Crippen molar-refractivity contribution in [1.82, 2.24) is 0 Å². The van der Waals surface area contributed by atoms with Crippen molar-refractivity contribution in [1.29, 1.82) is 0 Å². The van der Waals surface area contributed by atoms with E-state index in [1.807, 2.05) is 38.1 Å². The van der Waals surface area contributed by atoms with Crippen LogP contribution in [0.25, 0.3) is 0 Å². The zero-order valence-corrected chi connectivity index (χ0v) is 14.7. The van der Waals surface area contributed by atoms with Crippen LogP contribution in [0.15, 0.2) is 59.6 Å². The molecule has 0 radical (unpaired) electrons. The van der Waals surface area contributed by atoms with Gasteiger partial charge < -0.3 is 9.84 Å². The largest absolute Gasteiger partial charge is 0.458 e. The fourth-order valence-electron chi connectivity index (χ4n) is 1.40. The third-order valence-electron chi connectivity index (χ3n) is 2.18. The zero-order chi connectivity index (χ0) is 17.5. The summed E-state index contributed by atoms with van der Waals surface area (Å²) < 4.78 is 18.3. The maximum atomic E-state index is 12.8. The van der Waals surface area contributed by atoms with Gasteiger partial charge in [0.1, 0.15) is 17.3 Å². The number of aliphatic hydroxyl groups is 1. The highest BCUT2D eigenvalue weighted by Gasteiger charge is 2.00. The lowest BCUT2D eigenvalue weighted by Crippen LogP contribution is -1.93. The van der Waals surface area contributed by atoms with Gasteiger partial charge in [0.15, 0.2) is 0 Å². The Bertz CT molecular complexity index is 472. The van der Waals surface area contributed by atoms with E-state index in [0.29, 0.717) is 23.0 Å². The molecular weight excluding hydrogens is 303 g/mol. The molecule has 0 unspecified atom stereocenters. The summed E-state index contributed by atoms with van der Waals surface area (Å²) in [5.74, 6) is 0.840. The molecule has 1 aromatic rings. The molecule has 0 saturated heterocycles. The second-order valence-corrected chi connectivity index (χ2v) is 4.40. The van der Waals surface area contributed by atoms with Gasteiger partial charge in [0.25, 0.3) is 0 Å². The molecule has 1 N–H and O–H groups in total. The van der Waals surface area contributed by atoms with Crippen LogP contribution < -0.4 is 4.74 Å². The molecule has 124 valence electrons. The Kier molecular flexibility index (Phi) is 14.8. The first kappa shape index (κ1) is 22.7. The van der Waals surface area contributed by atoms with E-state index in [-0.39, 0.29) is 5.83 Å². The highest BCUT2D eigenvalue weighted by atomic mass is 35.5. The molecule has 0 fully saturated rings. The molecule has 1 aromatic carbocycles. The van der Waals surface area contributed by atoms with Gasteiger partial charge >= 0.3 is 0 Å². The molecule has 0 amide bonds. The van der Waals surface area contributed by atoms with Crippen LogP contribution in [0.2, 0.25) is 0 Å². The summed E-state index contributed by atoms with van der Waals surface area (Å²) in [6, 6.07) is 7.45. The first-order valence-corrected chi connectivity index (χ1v) is 7.44. The number of rotatable bonds is 5. The molecule has 0 atom stereocenters. The van der Waals surface area contributed by atoms with Gasteiger partial charge in [-0.05, 0) is 37.6 Å². The molecule has 1 rings (SSSR count). The third kappa shape index (κ3) is 11.1. The smallest absolute Gasteiger partial charge is 0.127 e. The van der Waals surface area contributed by atoms with Gasteiger partial charge in [-0.1, -0.05) is 44.2 Å². The van der Waals surface area contributed by atoms with Crippen molar-refractivity contribution in [2.75, 3.05) is 7.11 Å². The summed E-state index contributed by atoms with van der Waals surface area (Å²) in [6.45, 7) is 10.8. The van der Waals surface area contributed by atoms with Crippen LogP contribution in [0.3, 0.4) is 0 Å². The Morgan fingerprint density at radius 1 is 1.27 bits per heavy atom. The summed E-state index contributed by atoms with van der Waals surface area (Å²) >= 11 is 5.73. The van der Waals surface area contributed by atoms with Gasteiger partial charge in [0.2, 0.25) is 0 Å². The number of ether oxygens (including phenoxy) is 1. The van der Waals surface area contributed by atoms with E-state index in [2.05, 4.69) is 6.58 Å². The zero-order valence-electron chi connectivity index (χ0n) is 14.0. The van der Waals surface area contributed by atoms with Crippen LogP contribution in [-0.2, 0) is 6.42 Å². The minimum atomic E-state index is -0.293. The SMILES string of the molecule is C=C(Cl)Cc1ccc(OC(/C=C(\C)F)=C/C)cc1.CC.CO. The van der Waals surface area contributed by atoms with E-state index >= 15 is 0 Å². The van der Waals surface area contributed by atoms with Crippen molar-refractivity contribution in [3.8, 4) is 5.75 Å². The summed E-state index contributed by atoms with van der Waals surface area (Å²) in [7, 11) is 1.00. The van der Waals surface area contributed by atoms with Crippen LogP contribution in [-0.4, -0.2) is 12.2 Å². The van der Waals surface area contributed by atoms with Crippen molar-refractivity contribution in [3.63, 3.8) is 0 Å². The van der Waals surface area contributed by atoms with Crippen LogP contribution in [0.1, 0.15) is 33.3 Å². The molecule has 0 aromatic heterocycles. The molecule has 0 bridgehead atoms. The molecule has 22 heavy (non-hydrogen) atoms. The van der Waals surface area contributed by atoms with Crippen molar-refractivity contribution in [2.45, 2.75) is 34.1 Å². The molecule has 0 aliphatic heterocycles. The Balaban J connectivity index is 0. The minimum absolute atomic E-state index is 0.293. The van der Waals surface area contributed by atoms with Gasteiger partial charge in [-0.25, -0.2) is 4.39 Å². The first-order valence-electron chi connectivity index (χ1n) is 7.06. The van der Waals surface area contributed by atoms with Crippen LogP contribution in [0.5, 0.6) is 5.75 Å². The molecule has 4 heteroatoms. The van der Waals surface area contributed by atoms with Crippen molar-refractivity contribution in [2.24, 2.45) is 0 Å². The van der Waals surface area contributed by atoms with E-state index in [9.17, 15) is 4.39 Å². The van der Waals surface area contributed by atoms with Gasteiger partial charge in [-0.2, -0.15) is 0 Å². The van der Waals surface area contributed by atoms with Crippen molar-refractivity contribution >= 4 is 11.6 Å². The number of aliphatic hydroxyl groups excluding tert-OH is 1. The predicted octanol–water partition coefficient (Wildman–Crippen LogP) is 5.77. The van der Waals surface area contributed by atoms with Crippen LogP contribution in [0.4, 0.5) is 4.39 Å². The average molecular weight is 329 g/mol. The van der Waals surface area contributed by atoms with E-state index in [0.717, 1.165) is 12.7 Å². The van der Waals surface area contributed by atoms with E-state index < -0.39 is 0 Å². The number of benzene rings is 1. The number of allylic oxidation sites excluding steroid dienone is 4. The van der Waals surface area contributed by atoms with Gasteiger partial charge in [-0.3, -0.25) is 0 Å². The van der Waals surface area contributed by atoms with E-state index in [1.165, 1.54) is 13.0 Å². The Morgan fingerprint density at radius 2 is 1.77 bits per heavy atom. The van der Waals surface area contributed by atoms with Crippen molar-refractivity contribution < 1.29 is 14.2 Å². The van der Waals surface area contributed by atoms with Gasteiger partial charge in [0.05, 0.1) is 0 Å². The Morgan fingerprint density at radius 3 is 2.14 bits per heavy atom. The first-order chi connectivity index (χ1) is 10.5. The van der Waals surface area contributed by atoms with Gasteiger partial charge in [0, 0.05) is 24.6 Å². The standard InChI is InChI=1S/C15H16ClFO.C2H6.CH4O/c1-4-14(10-12(3)17)18-15-7-5-13(6-8-15)9-11(2)16;2*1-2/h4-8,10H,2,9H2,1,3H3;1-2H3;2H,1H3/b12-10+,14-4+;;. The maximum absolute atomic E-state index is 12.8. The minimum Gasteiger partial charge on any atom is -0.458 e. The van der Waals surface area contributed by atoms with Crippen molar-refractivity contribution in [3.05, 3.63) is 65.2 Å². The highest BCUT2D eigenvalue weighted by Crippen LogP contribution is 2.18. The molecule has 0 aliphatic rings. The van der Waals surface area contributed by atoms with Gasteiger partial charge in [-0.15, -0.1) is 0 Å². The summed E-state index contributed by atoms with van der Waals surface area (Å²) in [5.41, 5.74) is 1.06. The second kappa shape index (κ2) is 14.4. The lowest BCUT2D eigenvalue weighted by molar-refractivity contribution is 0.399. The van der Waals surface area contributed by atoms with E-state index in [4.69, 9.17) is 21.4 Å². The Labute approximate surface area is 138 Å². The summed E-state index contributed by atoms with van der Waals surface area (Å²) in [4.78, 5) is 0. The molecule has 0 heterocycles. The molecule has 0 spiro atoms. The van der Waals surface area contributed by atoms with Crippen LogP contribution in [0, 0.1) is 0 Å². The molecular formula is C18H26ClFO2. The predicted molar refractivity (Wildman–Crippen MR) is 93.9 cm³/mol. The number of hydrogen-bond acceptors (Lipinski definition) is 2. The second-order valence-electron chi connectivity index (χ2n) is 3.86. The molecule has 0 aliphatic carbocycles. The topological polar surface area (TPSA) is 29.5 Å². The fourth-order valence-corrected chi connectivity index (χ4v) is 1.55. The summed E-state index contributed by atoms with van der Waals surface area (Å²) in [6.07, 6.45) is 3.67. The third-order valence-corrected chi connectivity index (χ3v) is 2.31. The lowest BCUT2D eigenvalue weighted by Gasteiger charge is -2.07. The molecule has 2 nitrogen and oxygen atoms in total. The van der Waals surface area contributed by atoms with Crippen LogP contribution >= 0.6 is 11.6 Å². The maximum Gasteiger partial charge on any atom is 0.127 e. The fraction of sp³-hybridized carbons (Fsp3) is 0.333. The van der Waals surface area contributed by atoms with E-state index in [1.54, 1.807) is 13.0 Å².